The molecule has 0 aliphatic carbocycles. The van der Waals surface area contributed by atoms with Gasteiger partial charge in [0.05, 0.1) is 51.3 Å². The first-order valence-electron chi connectivity index (χ1n) is 20.5. The lowest BCUT2D eigenvalue weighted by molar-refractivity contribution is -0.572. The molecule has 0 atom stereocenters. The number of furan rings is 1. The summed E-state index contributed by atoms with van der Waals surface area (Å²) >= 11 is 0. The van der Waals surface area contributed by atoms with E-state index in [1.807, 2.05) is 97.2 Å². The Morgan fingerprint density at radius 2 is 1.56 bits per heavy atom. The molecule has 0 N–H and O–H groups in total. The summed E-state index contributed by atoms with van der Waals surface area (Å²) < 4.78 is 62.4. The Kier molecular flexibility index (Phi) is 5.63. The fourth-order valence-electron chi connectivity index (χ4n) is 7.54. The van der Waals surface area contributed by atoms with E-state index in [2.05, 4.69) is 60.3 Å². The maximum atomic E-state index is 8.65. The molecule has 0 saturated carbocycles. The molecule has 0 amide bonds. The third-order valence-corrected chi connectivity index (χ3v) is 10.2. The summed E-state index contributed by atoms with van der Waals surface area (Å²) in [5.74, 6) is 2.58. The molecule has 0 bridgehead atoms. The molecule has 0 radical (unpaired) electrons. The van der Waals surface area contributed by atoms with Gasteiger partial charge in [-0.25, -0.2) is 9.97 Å². The molecule has 0 spiro atoms. The number of fused-ring (bicyclic) bond motifs is 9. The minimum atomic E-state index is -0.449. The quantitative estimate of drug-likeness (QED) is 0.131. The van der Waals surface area contributed by atoms with Gasteiger partial charge in [0.25, 0.3) is 6.33 Å². The van der Waals surface area contributed by atoms with Crippen LogP contribution >= 0.6 is 0 Å². The molecule has 0 unspecified atom stereocenters. The highest BCUT2D eigenvalue weighted by atomic mass is 16.5. The second-order valence-corrected chi connectivity index (χ2v) is 14.7. The number of rotatable bonds is 5. The normalized spacial score (nSPS) is 13.5. The van der Waals surface area contributed by atoms with Crippen molar-refractivity contribution in [1.29, 1.82) is 0 Å². The maximum Gasteiger partial charge on any atom is 0.269 e. The number of nitrogens with zero attached hydrogens (tertiary/aromatic N) is 6. The fraction of sp³-hybridized carbons (Fsp3) is 0.0851. The average molecular weight is 720 g/mol. The molecule has 11 aromatic rings. The highest BCUT2D eigenvalue weighted by Gasteiger charge is 2.22. The van der Waals surface area contributed by atoms with Crippen LogP contribution in [0.3, 0.4) is 0 Å². The zero-order valence-electron chi connectivity index (χ0n) is 35.0. The first kappa shape index (κ1) is 26.6. The van der Waals surface area contributed by atoms with Crippen LogP contribution in [0.5, 0.6) is 11.5 Å². The topological polar surface area (TPSA) is 66.3 Å². The van der Waals surface area contributed by atoms with E-state index in [1.165, 1.54) is 4.57 Å². The smallest absolute Gasteiger partial charge is 0.269 e. The van der Waals surface area contributed by atoms with Crippen LogP contribution in [0, 0.1) is 6.33 Å². The number of pyridine rings is 1. The minimum absolute atomic E-state index is 0.0170. The number of benzene rings is 6. The van der Waals surface area contributed by atoms with E-state index in [0.717, 1.165) is 60.9 Å². The van der Waals surface area contributed by atoms with Gasteiger partial charge in [0, 0.05) is 29.1 Å². The maximum absolute atomic E-state index is 8.65. The Morgan fingerprint density at radius 1 is 0.727 bits per heavy atom. The fourth-order valence-corrected chi connectivity index (χ4v) is 7.54. The van der Waals surface area contributed by atoms with Crippen LogP contribution in [-0.4, -0.2) is 23.5 Å². The van der Waals surface area contributed by atoms with Crippen LogP contribution < -0.4 is 9.30 Å². The summed E-state index contributed by atoms with van der Waals surface area (Å²) in [5, 5.41) is 2.05. The number of para-hydroxylation sites is 4. The van der Waals surface area contributed by atoms with Gasteiger partial charge in [0.1, 0.15) is 28.5 Å². The molecule has 5 aromatic heterocycles. The molecule has 0 aliphatic rings. The predicted molar refractivity (Wildman–Crippen MR) is 217 cm³/mol. The Bertz CT molecular complexity index is 3570. The molecular weight excluding hydrogens is 681 g/mol. The molecule has 8 nitrogen and oxygen atoms in total. The van der Waals surface area contributed by atoms with E-state index in [9.17, 15) is 0 Å². The molecule has 5 heterocycles. The number of aromatic nitrogens is 6. The Labute approximate surface area is 322 Å². The van der Waals surface area contributed by atoms with Crippen LogP contribution in [0.4, 0.5) is 0 Å². The lowest BCUT2D eigenvalue weighted by atomic mass is 9.88. The molecule has 55 heavy (non-hydrogen) atoms. The van der Waals surface area contributed by atoms with Crippen LogP contribution in [-0.2, 0) is 5.41 Å². The molecular formula is C47H34N6O2. The molecule has 6 aromatic carbocycles. The third kappa shape index (κ3) is 4.95. The highest BCUT2D eigenvalue weighted by Crippen LogP contribution is 2.37. The Balaban J connectivity index is 1.05. The number of imidazole rings is 3. The first-order chi connectivity index (χ1) is 28.9. The molecule has 0 fully saturated rings. The molecule has 0 saturated heterocycles. The van der Waals surface area contributed by atoms with E-state index >= 15 is 0 Å². The Hall–Kier alpha value is -7.19. The average Bonchev–Trinajstić information content (AvgIpc) is 3.99. The van der Waals surface area contributed by atoms with Gasteiger partial charge in [0.2, 0.25) is 5.78 Å². The highest BCUT2D eigenvalue weighted by molar-refractivity contribution is 6.10. The van der Waals surface area contributed by atoms with E-state index in [-0.39, 0.29) is 23.2 Å². The zero-order chi connectivity index (χ0) is 41.2. The lowest BCUT2D eigenvalue weighted by Crippen LogP contribution is -2.29. The van der Waals surface area contributed by atoms with Crippen molar-refractivity contribution >= 4 is 60.8 Å². The van der Waals surface area contributed by atoms with Crippen molar-refractivity contribution in [2.75, 3.05) is 0 Å². The van der Waals surface area contributed by atoms with Gasteiger partial charge in [-0.15, -0.1) is 0 Å². The van der Waals surface area contributed by atoms with Gasteiger partial charge in [0.15, 0.2) is 0 Å². The van der Waals surface area contributed by atoms with E-state index in [1.54, 1.807) is 4.57 Å². The van der Waals surface area contributed by atoms with Crippen molar-refractivity contribution in [3.05, 3.63) is 164 Å². The first-order valence-corrected chi connectivity index (χ1v) is 18.0. The molecule has 8 heteroatoms. The summed E-state index contributed by atoms with van der Waals surface area (Å²) in [6.07, 6.45) is 5.10. The van der Waals surface area contributed by atoms with E-state index in [4.69, 9.17) is 26.0 Å². The van der Waals surface area contributed by atoms with E-state index < -0.39 is 18.1 Å². The van der Waals surface area contributed by atoms with Gasteiger partial charge in [-0.2, -0.15) is 0 Å². The summed E-state index contributed by atoms with van der Waals surface area (Å²) in [5.41, 5.74) is 8.20. The van der Waals surface area contributed by atoms with Crippen LogP contribution in [0.2, 0.25) is 0 Å². The SMILES string of the molecule is [2H]c1c([2H])c([2H])c(-[n+]2[c-]n(-c3cccc(Oc4ccc5c(c4)n(-c4cc(C(C)(C)C)ccn4)c4nc6cc7c(cc6n54)oc4ccccc47)c3)c3ccccc32)c([2H])c1[2H]. The van der Waals surface area contributed by atoms with Gasteiger partial charge >= 0.3 is 0 Å². The molecule has 264 valence electrons. The van der Waals surface area contributed by atoms with Crippen LogP contribution in [0.15, 0.2) is 156 Å². The zero-order valence-corrected chi connectivity index (χ0v) is 30.0. The van der Waals surface area contributed by atoms with Gasteiger partial charge in [-0.1, -0.05) is 87.4 Å². The number of ether oxygens (including phenoxy) is 1. The van der Waals surface area contributed by atoms with Crippen LogP contribution in [0.25, 0.3) is 78.0 Å². The molecule has 0 aliphatic heterocycles. The monoisotopic (exact) mass is 719 g/mol. The van der Waals surface area contributed by atoms with E-state index in [0.29, 0.717) is 28.5 Å². The number of hydrogen-bond donors (Lipinski definition) is 0. The minimum Gasteiger partial charge on any atom is -0.458 e. The standard InChI is InChI=1S/C47H34N6O2/c1-47(2,3)30-22-23-48-45(24-30)53-42-26-34(20-21-40(42)52-41-28-44-36(27-37(41)49-46(52)53)35-16-7-10-19-43(35)55-44)54-33-15-11-14-32(25-33)51-29-50(31-12-5-4-6-13-31)38-17-8-9-18-39(38)51/h4-28H,1-3H3/i4D,5D,6D,12D,13D. The second kappa shape index (κ2) is 11.7. The van der Waals surface area contributed by atoms with Crippen LogP contribution in [0.1, 0.15) is 33.2 Å². The second-order valence-electron chi connectivity index (χ2n) is 14.7. The number of hydrogen-bond acceptors (Lipinski definition) is 4. The summed E-state index contributed by atoms with van der Waals surface area (Å²) in [4.78, 5) is 10.1. The third-order valence-electron chi connectivity index (χ3n) is 10.2. The summed E-state index contributed by atoms with van der Waals surface area (Å²) in [7, 11) is 0. The lowest BCUT2D eigenvalue weighted by Gasteiger charge is -2.19. The van der Waals surface area contributed by atoms with Crippen molar-refractivity contribution in [2.45, 2.75) is 26.2 Å². The van der Waals surface area contributed by atoms with Crippen molar-refractivity contribution in [3.8, 4) is 28.7 Å². The predicted octanol–water partition coefficient (Wildman–Crippen LogP) is 10.8. The van der Waals surface area contributed by atoms with Gasteiger partial charge < -0.3 is 9.15 Å². The Morgan fingerprint density at radius 3 is 2.45 bits per heavy atom. The molecule has 11 rings (SSSR count). The van der Waals surface area contributed by atoms with Crippen molar-refractivity contribution in [1.82, 2.24) is 23.5 Å². The van der Waals surface area contributed by atoms with Crippen molar-refractivity contribution in [2.24, 2.45) is 0 Å². The van der Waals surface area contributed by atoms with Gasteiger partial charge in [-0.05, 0) is 77.7 Å². The van der Waals surface area contributed by atoms with Crippen molar-refractivity contribution in [3.63, 3.8) is 0 Å². The summed E-state index contributed by atoms with van der Waals surface area (Å²) in [6, 6.07) is 35.4. The largest absolute Gasteiger partial charge is 0.458 e. The summed E-state index contributed by atoms with van der Waals surface area (Å²) in [6.45, 7) is 6.55. The van der Waals surface area contributed by atoms with Crippen molar-refractivity contribution < 1.29 is 20.6 Å². The van der Waals surface area contributed by atoms with Gasteiger partial charge in [-0.3, -0.25) is 18.1 Å².